The smallest absolute Gasteiger partial charge is 0.219 e. The minimum Gasteiger partial charge on any atom is -0.393 e. The molecule has 0 fully saturated rings. The molecule has 0 aliphatic rings. The van der Waals surface area contributed by atoms with Crippen LogP contribution in [-0.2, 0) is 4.79 Å². The van der Waals surface area contributed by atoms with Crippen LogP contribution >= 0.6 is 0 Å². The molecular formula is C19H37NO2. The second-order valence-corrected chi connectivity index (χ2v) is 6.19. The highest BCUT2D eigenvalue weighted by Gasteiger charge is 2.00. The largest absolute Gasteiger partial charge is 0.393 e. The van der Waals surface area contributed by atoms with Gasteiger partial charge >= 0.3 is 0 Å². The summed E-state index contributed by atoms with van der Waals surface area (Å²) in [5, 5.41) is 12.5. The Labute approximate surface area is 137 Å². The van der Waals surface area contributed by atoms with Crippen LogP contribution in [0.5, 0.6) is 0 Å². The van der Waals surface area contributed by atoms with E-state index in [4.69, 9.17) is 0 Å². The molecule has 0 saturated carbocycles. The highest BCUT2D eigenvalue weighted by molar-refractivity contribution is 5.75. The summed E-state index contributed by atoms with van der Waals surface area (Å²) in [5.74, 6) is 0.149. The fraction of sp³-hybridized carbons (Fsp3) is 0.842. The predicted octanol–water partition coefficient (Wildman–Crippen LogP) is 4.74. The Kier molecular flexibility index (Phi) is 15.9. The molecule has 0 aromatic heterocycles. The summed E-state index contributed by atoms with van der Waals surface area (Å²) >= 11 is 0. The molecule has 2 N–H and O–H groups in total. The number of allylic oxidation sites excluding steroid dienone is 1. The molecule has 0 saturated heterocycles. The Morgan fingerprint density at radius 3 is 2.41 bits per heavy atom. The van der Waals surface area contributed by atoms with E-state index in [0.717, 1.165) is 38.5 Å². The van der Waals surface area contributed by atoms with E-state index in [2.05, 4.69) is 24.4 Å². The van der Waals surface area contributed by atoms with Gasteiger partial charge in [0.2, 0.25) is 5.91 Å². The molecule has 0 rings (SSSR count). The van der Waals surface area contributed by atoms with Crippen molar-refractivity contribution in [2.45, 2.75) is 96.5 Å². The van der Waals surface area contributed by atoms with Crippen molar-refractivity contribution in [3.63, 3.8) is 0 Å². The van der Waals surface area contributed by atoms with Gasteiger partial charge in [-0.15, -0.1) is 0 Å². The lowest BCUT2D eigenvalue weighted by molar-refractivity contribution is -0.120. The van der Waals surface area contributed by atoms with E-state index < -0.39 is 0 Å². The van der Waals surface area contributed by atoms with E-state index >= 15 is 0 Å². The van der Waals surface area contributed by atoms with Crippen molar-refractivity contribution in [3.8, 4) is 0 Å². The summed E-state index contributed by atoms with van der Waals surface area (Å²) in [7, 11) is 1.69. The molecule has 0 aromatic carbocycles. The Balaban J connectivity index is 3.28. The van der Waals surface area contributed by atoms with Crippen LogP contribution in [0.1, 0.15) is 90.4 Å². The average Bonchev–Trinajstić information content (AvgIpc) is 2.53. The molecule has 1 amide bonds. The van der Waals surface area contributed by atoms with Gasteiger partial charge in [0.1, 0.15) is 0 Å². The van der Waals surface area contributed by atoms with Crippen LogP contribution < -0.4 is 5.32 Å². The first-order chi connectivity index (χ1) is 10.7. The highest BCUT2D eigenvalue weighted by Crippen LogP contribution is 2.10. The quantitative estimate of drug-likeness (QED) is 0.339. The van der Waals surface area contributed by atoms with E-state index in [1.54, 1.807) is 7.05 Å². The third-order valence-corrected chi connectivity index (χ3v) is 4.02. The monoisotopic (exact) mass is 311 g/mol. The highest BCUT2D eigenvalue weighted by atomic mass is 16.3. The predicted molar refractivity (Wildman–Crippen MR) is 94.9 cm³/mol. The first kappa shape index (κ1) is 21.2. The SMILES string of the molecule is CCCCCCC(O)C/C=C\CCCCCCCC(=O)NC. The van der Waals surface area contributed by atoms with Crippen molar-refractivity contribution in [3.05, 3.63) is 12.2 Å². The Bertz CT molecular complexity index is 277. The molecule has 1 atom stereocenters. The molecule has 130 valence electrons. The van der Waals surface area contributed by atoms with Crippen LogP contribution in [0, 0.1) is 0 Å². The summed E-state index contributed by atoms with van der Waals surface area (Å²) in [5.41, 5.74) is 0. The molecule has 1 unspecified atom stereocenters. The molecule has 0 bridgehead atoms. The molecular weight excluding hydrogens is 274 g/mol. The maximum atomic E-state index is 11.0. The molecule has 22 heavy (non-hydrogen) atoms. The summed E-state index contributed by atoms with van der Waals surface area (Å²) in [6.07, 6.45) is 18.4. The number of nitrogens with one attached hydrogen (secondary N) is 1. The van der Waals surface area contributed by atoms with E-state index in [1.165, 1.54) is 38.5 Å². The van der Waals surface area contributed by atoms with E-state index in [0.29, 0.717) is 6.42 Å². The van der Waals surface area contributed by atoms with Crippen molar-refractivity contribution in [2.75, 3.05) is 7.05 Å². The lowest BCUT2D eigenvalue weighted by atomic mass is 10.1. The third-order valence-electron chi connectivity index (χ3n) is 4.02. The van der Waals surface area contributed by atoms with Crippen LogP contribution in [0.25, 0.3) is 0 Å². The Morgan fingerprint density at radius 2 is 1.68 bits per heavy atom. The summed E-state index contributed by atoms with van der Waals surface area (Å²) < 4.78 is 0. The van der Waals surface area contributed by atoms with Crippen LogP contribution in [0.15, 0.2) is 12.2 Å². The van der Waals surface area contributed by atoms with Crippen LogP contribution in [0.2, 0.25) is 0 Å². The number of hydrogen-bond donors (Lipinski definition) is 2. The van der Waals surface area contributed by atoms with E-state index in [-0.39, 0.29) is 12.0 Å². The molecule has 3 heteroatoms. The summed E-state index contributed by atoms with van der Waals surface area (Å²) in [6, 6.07) is 0. The van der Waals surface area contributed by atoms with Gasteiger partial charge in [0, 0.05) is 13.5 Å². The van der Waals surface area contributed by atoms with Crippen molar-refractivity contribution in [1.29, 1.82) is 0 Å². The van der Waals surface area contributed by atoms with Gasteiger partial charge in [-0.1, -0.05) is 64.0 Å². The van der Waals surface area contributed by atoms with Crippen molar-refractivity contribution in [1.82, 2.24) is 5.32 Å². The number of hydrogen-bond acceptors (Lipinski definition) is 2. The van der Waals surface area contributed by atoms with E-state index in [1.807, 2.05) is 0 Å². The zero-order valence-corrected chi connectivity index (χ0v) is 14.8. The zero-order chi connectivity index (χ0) is 16.5. The van der Waals surface area contributed by atoms with Gasteiger partial charge in [-0.25, -0.2) is 0 Å². The standard InChI is InChI=1S/C19H37NO2/c1-3-4-5-12-15-18(21)16-13-10-8-6-7-9-11-14-17-19(22)20-2/h10,13,18,21H,3-9,11-12,14-17H2,1-2H3,(H,20,22)/b13-10-. The average molecular weight is 312 g/mol. The van der Waals surface area contributed by atoms with Crippen LogP contribution in [-0.4, -0.2) is 24.2 Å². The lowest BCUT2D eigenvalue weighted by Crippen LogP contribution is -2.16. The molecule has 0 aliphatic heterocycles. The maximum Gasteiger partial charge on any atom is 0.219 e. The molecule has 0 radical (unpaired) electrons. The molecule has 3 nitrogen and oxygen atoms in total. The van der Waals surface area contributed by atoms with Gasteiger partial charge in [0.25, 0.3) is 0 Å². The molecule has 0 heterocycles. The summed E-state index contributed by atoms with van der Waals surface area (Å²) in [6.45, 7) is 2.21. The van der Waals surface area contributed by atoms with Gasteiger partial charge in [0.05, 0.1) is 6.10 Å². The summed E-state index contributed by atoms with van der Waals surface area (Å²) in [4.78, 5) is 11.0. The number of aliphatic hydroxyl groups excluding tert-OH is 1. The fourth-order valence-corrected chi connectivity index (χ4v) is 2.50. The normalized spacial score (nSPS) is 12.7. The Hall–Kier alpha value is -0.830. The fourth-order valence-electron chi connectivity index (χ4n) is 2.50. The molecule has 0 spiro atoms. The maximum absolute atomic E-state index is 11.0. The minimum atomic E-state index is -0.155. The van der Waals surface area contributed by atoms with Crippen LogP contribution in [0.3, 0.4) is 0 Å². The molecule has 0 aliphatic carbocycles. The van der Waals surface area contributed by atoms with Gasteiger partial charge in [-0.05, 0) is 32.1 Å². The Morgan fingerprint density at radius 1 is 1.00 bits per heavy atom. The number of unbranched alkanes of at least 4 members (excludes halogenated alkanes) is 8. The zero-order valence-electron chi connectivity index (χ0n) is 14.8. The van der Waals surface area contributed by atoms with Gasteiger partial charge in [-0.3, -0.25) is 4.79 Å². The number of rotatable bonds is 15. The first-order valence-electron chi connectivity index (χ1n) is 9.24. The van der Waals surface area contributed by atoms with Gasteiger partial charge in [0.15, 0.2) is 0 Å². The third kappa shape index (κ3) is 15.6. The number of carbonyl (C=O) groups is 1. The molecule has 0 aromatic rings. The topological polar surface area (TPSA) is 49.3 Å². The number of aliphatic hydroxyl groups is 1. The number of carbonyl (C=O) groups excluding carboxylic acids is 1. The van der Waals surface area contributed by atoms with Crippen LogP contribution in [0.4, 0.5) is 0 Å². The van der Waals surface area contributed by atoms with E-state index in [9.17, 15) is 9.90 Å². The lowest BCUT2D eigenvalue weighted by Gasteiger charge is -2.07. The van der Waals surface area contributed by atoms with Gasteiger partial charge < -0.3 is 10.4 Å². The first-order valence-corrected chi connectivity index (χ1v) is 9.24. The second kappa shape index (κ2) is 16.5. The van der Waals surface area contributed by atoms with Crippen molar-refractivity contribution in [2.24, 2.45) is 0 Å². The van der Waals surface area contributed by atoms with Crippen molar-refractivity contribution < 1.29 is 9.90 Å². The van der Waals surface area contributed by atoms with Crippen molar-refractivity contribution >= 4 is 5.91 Å². The number of amides is 1. The van der Waals surface area contributed by atoms with Gasteiger partial charge in [-0.2, -0.15) is 0 Å². The minimum absolute atomic E-state index is 0.149. The second-order valence-electron chi connectivity index (χ2n) is 6.19.